The predicted molar refractivity (Wildman–Crippen MR) is 87.6 cm³/mol. The van der Waals surface area contributed by atoms with Crippen LogP contribution < -0.4 is 15.2 Å². The number of amides is 1. The van der Waals surface area contributed by atoms with E-state index in [1.54, 1.807) is 48.5 Å². The van der Waals surface area contributed by atoms with Crippen LogP contribution >= 0.6 is 15.9 Å². The number of ether oxygens (including phenoxy) is 1. The lowest BCUT2D eigenvalue weighted by atomic mass is 10.1. The second-order valence-corrected chi connectivity index (χ2v) is 5.50. The Kier molecular flexibility index (Phi) is 5.54. The van der Waals surface area contributed by atoms with Crippen LogP contribution in [0.5, 0.6) is 5.75 Å². The fourth-order valence-corrected chi connectivity index (χ4v) is 2.24. The number of hydrogen-bond acceptors (Lipinski definition) is 4. The zero-order valence-electron chi connectivity index (χ0n) is 12.2. The van der Waals surface area contributed by atoms with Gasteiger partial charge in [0.1, 0.15) is 5.75 Å². The molecule has 2 aromatic rings. The number of methoxy groups -OCH3 is 1. The van der Waals surface area contributed by atoms with Crippen molar-refractivity contribution in [2.75, 3.05) is 7.11 Å². The van der Waals surface area contributed by atoms with Crippen LogP contribution in [0.3, 0.4) is 0 Å². The Morgan fingerprint density at radius 2 is 1.87 bits per heavy atom. The molecule has 1 amide bonds. The van der Waals surface area contributed by atoms with Crippen molar-refractivity contribution < 1.29 is 19.4 Å². The van der Waals surface area contributed by atoms with Gasteiger partial charge in [0.2, 0.25) is 0 Å². The van der Waals surface area contributed by atoms with Gasteiger partial charge in [-0.05, 0) is 42.0 Å². The molecule has 0 aromatic heterocycles. The summed E-state index contributed by atoms with van der Waals surface area (Å²) in [4.78, 5) is 23.4. The third-order valence-corrected chi connectivity index (χ3v) is 3.47. The molecular weight excluding hydrogens is 362 g/mol. The van der Waals surface area contributed by atoms with Gasteiger partial charge in [0.25, 0.3) is 5.91 Å². The number of halogens is 1. The minimum absolute atomic E-state index is 0.319. The number of carbonyl (C=O) groups excluding carboxylic acids is 2. The van der Waals surface area contributed by atoms with Crippen molar-refractivity contribution in [2.24, 2.45) is 0 Å². The number of carbonyl (C=O) groups is 2. The normalized spacial score (nSPS) is 11.0. The molecule has 0 spiro atoms. The van der Waals surface area contributed by atoms with Crippen LogP contribution in [0.2, 0.25) is 0 Å². The highest BCUT2D eigenvalue weighted by Crippen LogP contribution is 2.14. The molecule has 0 saturated carbocycles. The topological polar surface area (TPSA) is 78.5 Å². The number of nitrogens with one attached hydrogen (secondary N) is 1. The Balaban J connectivity index is 2.22. The van der Waals surface area contributed by atoms with E-state index in [4.69, 9.17) is 4.74 Å². The van der Waals surface area contributed by atoms with Gasteiger partial charge in [-0.3, -0.25) is 4.79 Å². The summed E-state index contributed by atoms with van der Waals surface area (Å²) in [6, 6.07) is 13.4. The van der Waals surface area contributed by atoms with Crippen LogP contribution in [0.15, 0.2) is 58.7 Å². The molecule has 0 aliphatic rings. The van der Waals surface area contributed by atoms with Crippen LogP contribution in [0.25, 0.3) is 6.08 Å². The highest BCUT2D eigenvalue weighted by Gasteiger charge is 2.09. The summed E-state index contributed by atoms with van der Waals surface area (Å²) < 4.78 is 5.75. The first-order valence-corrected chi connectivity index (χ1v) is 7.43. The lowest BCUT2D eigenvalue weighted by Crippen LogP contribution is -2.35. The fourth-order valence-electron chi connectivity index (χ4n) is 1.84. The molecule has 118 valence electrons. The van der Waals surface area contributed by atoms with Gasteiger partial charge < -0.3 is 20.0 Å². The van der Waals surface area contributed by atoms with E-state index in [2.05, 4.69) is 21.2 Å². The number of carboxylic acids is 1. The first kappa shape index (κ1) is 16.8. The molecule has 0 heterocycles. The lowest BCUT2D eigenvalue weighted by molar-refractivity contribution is -0.299. The summed E-state index contributed by atoms with van der Waals surface area (Å²) in [6.07, 6.45) is 1.32. The standard InChI is InChI=1S/C17H14BrNO4/c1-23-14-7-5-11(6-8-14)9-15(17(21)22)19-16(20)12-3-2-4-13(18)10-12/h2-10H,1H3,(H,19,20)(H,21,22)/p-1/b15-9+. The Hall–Kier alpha value is -2.60. The summed E-state index contributed by atoms with van der Waals surface area (Å²) >= 11 is 3.26. The van der Waals surface area contributed by atoms with E-state index in [1.165, 1.54) is 13.2 Å². The molecule has 0 atom stereocenters. The Morgan fingerprint density at radius 1 is 1.17 bits per heavy atom. The van der Waals surface area contributed by atoms with Crippen molar-refractivity contribution in [1.82, 2.24) is 5.32 Å². The average molecular weight is 375 g/mol. The van der Waals surface area contributed by atoms with E-state index in [9.17, 15) is 14.7 Å². The van der Waals surface area contributed by atoms with Crippen LogP contribution in [-0.4, -0.2) is 19.0 Å². The molecule has 0 aliphatic carbocycles. The van der Waals surface area contributed by atoms with E-state index < -0.39 is 11.9 Å². The van der Waals surface area contributed by atoms with Gasteiger partial charge in [0.15, 0.2) is 0 Å². The van der Waals surface area contributed by atoms with Gasteiger partial charge in [-0.25, -0.2) is 0 Å². The molecule has 0 bridgehead atoms. The maximum atomic E-state index is 12.1. The maximum Gasteiger partial charge on any atom is 0.255 e. The zero-order valence-corrected chi connectivity index (χ0v) is 13.8. The maximum absolute atomic E-state index is 12.1. The van der Waals surface area contributed by atoms with E-state index in [1.807, 2.05) is 0 Å². The summed E-state index contributed by atoms with van der Waals surface area (Å²) in [5, 5.41) is 13.6. The number of rotatable bonds is 5. The lowest BCUT2D eigenvalue weighted by Gasteiger charge is -2.11. The molecule has 5 nitrogen and oxygen atoms in total. The third-order valence-electron chi connectivity index (χ3n) is 2.98. The van der Waals surface area contributed by atoms with Gasteiger partial charge in [-0.15, -0.1) is 0 Å². The van der Waals surface area contributed by atoms with E-state index in [0.717, 1.165) is 4.47 Å². The van der Waals surface area contributed by atoms with E-state index >= 15 is 0 Å². The molecule has 0 unspecified atom stereocenters. The Bertz CT molecular complexity index is 753. The Labute approximate surface area is 141 Å². The van der Waals surface area contributed by atoms with Crippen LogP contribution in [0.4, 0.5) is 0 Å². The van der Waals surface area contributed by atoms with Crippen LogP contribution in [-0.2, 0) is 4.79 Å². The molecule has 6 heteroatoms. The van der Waals surface area contributed by atoms with E-state index in [0.29, 0.717) is 16.9 Å². The van der Waals surface area contributed by atoms with Crippen molar-refractivity contribution in [3.63, 3.8) is 0 Å². The van der Waals surface area contributed by atoms with Crippen molar-refractivity contribution in [1.29, 1.82) is 0 Å². The summed E-state index contributed by atoms with van der Waals surface area (Å²) in [5.74, 6) is -1.35. The van der Waals surface area contributed by atoms with Crippen molar-refractivity contribution >= 4 is 33.9 Å². The molecular formula is C17H13BrNO4-. The minimum atomic E-state index is -1.47. The smallest absolute Gasteiger partial charge is 0.255 e. The minimum Gasteiger partial charge on any atom is -0.543 e. The molecule has 0 radical (unpaired) electrons. The molecule has 1 N–H and O–H groups in total. The average Bonchev–Trinajstić information content (AvgIpc) is 2.54. The molecule has 2 rings (SSSR count). The quantitative estimate of drug-likeness (QED) is 0.811. The molecule has 23 heavy (non-hydrogen) atoms. The van der Waals surface area contributed by atoms with Crippen molar-refractivity contribution in [3.05, 3.63) is 69.8 Å². The third kappa shape index (κ3) is 4.69. The van der Waals surface area contributed by atoms with Gasteiger partial charge in [-0.1, -0.05) is 34.1 Å². The molecule has 0 aliphatic heterocycles. The van der Waals surface area contributed by atoms with Crippen LogP contribution in [0, 0.1) is 0 Å². The van der Waals surface area contributed by atoms with Gasteiger partial charge >= 0.3 is 0 Å². The predicted octanol–water partition coefficient (Wildman–Crippen LogP) is 1.98. The summed E-state index contributed by atoms with van der Waals surface area (Å²) in [5.41, 5.74) is 0.612. The first-order valence-electron chi connectivity index (χ1n) is 6.63. The monoisotopic (exact) mass is 374 g/mol. The molecule has 2 aromatic carbocycles. The second-order valence-electron chi connectivity index (χ2n) is 4.58. The summed E-state index contributed by atoms with van der Waals surface area (Å²) in [6.45, 7) is 0. The van der Waals surface area contributed by atoms with Crippen molar-refractivity contribution in [2.45, 2.75) is 0 Å². The largest absolute Gasteiger partial charge is 0.543 e. The highest BCUT2D eigenvalue weighted by atomic mass is 79.9. The fraction of sp³-hybridized carbons (Fsp3) is 0.0588. The van der Waals surface area contributed by atoms with Gasteiger partial charge in [-0.2, -0.15) is 0 Å². The number of benzene rings is 2. The van der Waals surface area contributed by atoms with Gasteiger partial charge in [0, 0.05) is 10.0 Å². The first-order chi connectivity index (χ1) is 11.0. The summed E-state index contributed by atoms with van der Waals surface area (Å²) in [7, 11) is 1.54. The Morgan fingerprint density at radius 3 is 2.43 bits per heavy atom. The van der Waals surface area contributed by atoms with E-state index in [-0.39, 0.29) is 5.70 Å². The SMILES string of the molecule is COc1ccc(/C=C(/NC(=O)c2cccc(Br)c2)C(=O)[O-])cc1. The van der Waals surface area contributed by atoms with Crippen LogP contribution in [0.1, 0.15) is 15.9 Å². The van der Waals surface area contributed by atoms with Crippen molar-refractivity contribution in [3.8, 4) is 5.75 Å². The molecule has 0 saturated heterocycles. The number of carboxylic acid groups (broad SMARTS) is 1. The number of aliphatic carboxylic acids is 1. The number of hydrogen-bond donors (Lipinski definition) is 1. The van der Waals surface area contributed by atoms with Gasteiger partial charge in [0.05, 0.1) is 18.8 Å². The second kappa shape index (κ2) is 7.60. The highest BCUT2D eigenvalue weighted by molar-refractivity contribution is 9.10. The zero-order chi connectivity index (χ0) is 16.8. The molecule has 0 fully saturated rings.